The third-order valence-corrected chi connectivity index (χ3v) is 3.54. The van der Waals surface area contributed by atoms with Crippen LogP contribution in [0.4, 0.5) is 0 Å². The van der Waals surface area contributed by atoms with Gasteiger partial charge in [0.1, 0.15) is 0 Å². The van der Waals surface area contributed by atoms with Crippen molar-refractivity contribution in [2.24, 2.45) is 23.3 Å². The maximum Gasteiger partial charge on any atom is 0.237 e. The summed E-state index contributed by atoms with van der Waals surface area (Å²) in [5, 5.41) is 2.97. The highest BCUT2D eigenvalue weighted by Gasteiger charge is 2.26. The van der Waals surface area contributed by atoms with Gasteiger partial charge in [-0.25, -0.2) is 0 Å². The standard InChI is InChI=1S/C13H25N3O2/c1-8(2)7-11(14)13(18)16-10-5-3-9(4-6-10)12(15)17/h8-11H,3-7,14H2,1-2H3,(H2,15,17)(H,16,18)/t9?,10?,11-/m1/s1. The highest BCUT2D eigenvalue weighted by atomic mass is 16.2. The molecule has 1 fully saturated rings. The monoisotopic (exact) mass is 255 g/mol. The van der Waals surface area contributed by atoms with Crippen molar-refractivity contribution in [3.8, 4) is 0 Å². The van der Waals surface area contributed by atoms with Crippen LogP contribution in [0, 0.1) is 11.8 Å². The van der Waals surface area contributed by atoms with E-state index in [1.807, 2.05) is 13.8 Å². The average Bonchev–Trinajstić information content (AvgIpc) is 2.28. The Morgan fingerprint density at radius 3 is 2.22 bits per heavy atom. The molecule has 0 unspecified atom stereocenters. The lowest BCUT2D eigenvalue weighted by Gasteiger charge is -2.28. The molecule has 0 aromatic rings. The zero-order valence-electron chi connectivity index (χ0n) is 11.3. The van der Waals surface area contributed by atoms with Crippen molar-refractivity contribution in [3.05, 3.63) is 0 Å². The van der Waals surface area contributed by atoms with Crippen molar-refractivity contribution in [1.82, 2.24) is 5.32 Å². The molecule has 1 rings (SSSR count). The molecule has 0 bridgehead atoms. The van der Waals surface area contributed by atoms with E-state index in [1.165, 1.54) is 0 Å². The fourth-order valence-electron chi connectivity index (χ4n) is 2.45. The summed E-state index contributed by atoms with van der Waals surface area (Å²) in [6.07, 6.45) is 3.85. The summed E-state index contributed by atoms with van der Waals surface area (Å²) in [6, 6.07) is -0.287. The molecule has 0 heterocycles. The van der Waals surface area contributed by atoms with Crippen LogP contribution >= 0.6 is 0 Å². The quantitative estimate of drug-likeness (QED) is 0.668. The van der Waals surface area contributed by atoms with E-state index in [0.29, 0.717) is 12.3 Å². The molecule has 1 atom stereocenters. The van der Waals surface area contributed by atoms with Crippen molar-refractivity contribution in [3.63, 3.8) is 0 Å². The third-order valence-electron chi connectivity index (χ3n) is 3.54. The normalized spacial score (nSPS) is 25.8. The number of amides is 2. The Morgan fingerprint density at radius 1 is 1.22 bits per heavy atom. The summed E-state index contributed by atoms with van der Waals surface area (Å²) in [5.74, 6) is 0.0846. The van der Waals surface area contributed by atoms with Crippen LogP contribution in [0.2, 0.25) is 0 Å². The topological polar surface area (TPSA) is 98.2 Å². The molecule has 0 spiro atoms. The number of rotatable bonds is 5. The molecule has 1 aliphatic rings. The van der Waals surface area contributed by atoms with E-state index >= 15 is 0 Å². The predicted octanol–water partition coefficient (Wildman–Crippen LogP) is 0.520. The molecule has 104 valence electrons. The first-order valence-corrected chi connectivity index (χ1v) is 6.75. The number of primary amides is 1. The maximum atomic E-state index is 11.8. The number of nitrogens with one attached hydrogen (secondary N) is 1. The van der Waals surface area contributed by atoms with Gasteiger partial charge >= 0.3 is 0 Å². The van der Waals surface area contributed by atoms with E-state index in [4.69, 9.17) is 11.5 Å². The SMILES string of the molecule is CC(C)C[C@@H](N)C(=O)NC1CCC(C(N)=O)CC1. The Balaban J connectivity index is 2.32. The summed E-state index contributed by atoms with van der Waals surface area (Å²) in [6.45, 7) is 4.09. The minimum absolute atomic E-state index is 0.0255. The zero-order valence-corrected chi connectivity index (χ0v) is 11.3. The first kappa shape index (κ1) is 15.0. The van der Waals surface area contributed by atoms with E-state index in [2.05, 4.69) is 5.32 Å². The second-order valence-electron chi connectivity index (χ2n) is 5.70. The van der Waals surface area contributed by atoms with Gasteiger partial charge in [-0.3, -0.25) is 9.59 Å². The summed E-state index contributed by atoms with van der Waals surface area (Å²) < 4.78 is 0. The Morgan fingerprint density at radius 2 is 1.78 bits per heavy atom. The lowest BCUT2D eigenvalue weighted by molar-refractivity contribution is -0.124. The highest BCUT2D eigenvalue weighted by molar-refractivity contribution is 5.81. The lowest BCUT2D eigenvalue weighted by Crippen LogP contribution is -2.47. The second kappa shape index (κ2) is 6.73. The van der Waals surface area contributed by atoms with Crippen molar-refractivity contribution in [2.45, 2.75) is 58.0 Å². The number of hydrogen-bond donors (Lipinski definition) is 3. The van der Waals surface area contributed by atoms with Crippen molar-refractivity contribution < 1.29 is 9.59 Å². The van der Waals surface area contributed by atoms with Gasteiger partial charge in [-0.15, -0.1) is 0 Å². The molecule has 5 N–H and O–H groups in total. The van der Waals surface area contributed by atoms with Crippen molar-refractivity contribution >= 4 is 11.8 Å². The molecule has 0 aromatic carbocycles. The van der Waals surface area contributed by atoms with Crippen LogP contribution in [0.25, 0.3) is 0 Å². The van der Waals surface area contributed by atoms with Gasteiger partial charge in [0.2, 0.25) is 11.8 Å². The Bertz CT molecular complexity index is 297. The summed E-state index contributed by atoms with van der Waals surface area (Å²) in [4.78, 5) is 22.9. The molecule has 5 nitrogen and oxygen atoms in total. The molecule has 0 radical (unpaired) electrons. The van der Waals surface area contributed by atoms with E-state index < -0.39 is 6.04 Å². The predicted molar refractivity (Wildman–Crippen MR) is 70.5 cm³/mol. The van der Waals surface area contributed by atoms with Gasteiger partial charge in [0, 0.05) is 12.0 Å². The van der Waals surface area contributed by atoms with Gasteiger partial charge in [-0.05, 0) is 38.0 Å². The molecule has 0 aromatic heterocycles. The number of carbonyl (C=O) groups excluding carboxylic acids is 2. The minimum atomic E-state index is -0.432. The largest absolute Gasteiger partial charge is 0.369 e. The summed E-state index contributed by atoms with van der Waals surface area (Å²) >= 11 is 0. The first-order chi connectivity index (χ1) is 8.40. The van der Waals surface area contributed by atoms with Crippen LogP contribution in [0.3, 0.4) is 0 Å². The van der Waals surface area contributed by atoms with Crippen LogP contribution in [-0.2, 0) is 9.59 Å². The summed E-state index contributed by atoms with van der Waals surface area (Å²) in [5.41, 5.74) is 11.1. The van der Waals surface area contributed by atoms with Gasteiger partial charge in [0.05, 0.1) is 6.04 Å². The Kier molecular flexibility index (Phi) is 5.59. The van der Waals surface area contributed by atoms with E-state index in [0.717, 1.165) is 25.7 Å². The van der Waals surface area contributed by atoms with E-state index in [-0.39, 0.29) is 23.8 Å². The molecule has 0 saturated heterocycles. The highest BCUT2D eigenvalue weighted by Crippen LogP contribution is 2.23. The summed E-state index contributed by atoms with van der Waals surface area (Å²) in [7, 11) is 0. The fraction of sp³-hybridized carbons (Fsp3) is 0.846. The number of nitrogens with two attached hydrogens (primary N) is 2. The van der Waals surface area contributed by atoms with Crippen LogP contribution < -0.4 is 16.8 Å². The second-order valence-corrected chi connectivity index (χ2v) is 5.70. The molecule has 0 aliphatic heterocycles. The average molecular weight is 255 g/mol. The molecule has 5 heteroatoms. The van der Waals surface area contributed by atoms with Crippen LogP contribution in [-0.4, -0.2) is 23.9 Å². The molecular formula is C13H25N3O2. The zero-order chi connectivity index (χ0) is 13.7. The van der Waals surface area contributed by atoms with Gasteiger partial charge in [0.15, 0.2) is 0 Å². The third kappa shape index (κ3) is 4.64. The molecular weight excluding hydrogens is 230 g/mol. The van der Waals surface area contributed by atoms with Crippen molar-refractivity contribution in [2.75, 3.05) is 0 Å². The van der Waals surface area contributed by atoms with E-state index in [1.54, 1.807) is 0 Å². The van der Waals surface area contributed by atoms with Crippen LogP contribution in [0.15, 0.2) is 0 Å². The Hall–Kier alpha value is -1.10. The van der Waals surface area contributed by atoms with Gasteiger partial charge < -0.3 is 16.8 Å². The Labute approximate surface area is 109 Å². The van der Waals surface area contributed by atoms with Crippen molar-refractivity contribution in [1.29, 1.82) is 0 Å². The molecule has 18 heavy (non-hydrogen) atoms. The maximum absolute atomic E-state index is 11.8. The van der Waals surface area contributed by atoms with Crippen LogP contribution in [0.1, 0.15) is 46.0 Å². The lowest BCUT2D eigenvalue weighted by atomic mass is 9.85. The number of carbonyl (C=O) groups is 2. The number of hydrogen-bond acceptors (Lipinski definition) is 3. The molecule has 2 amide bonds. The van der Waals surface area contributed by atoms with Gasteiger partial charge in [-0.2, -0.15) is 0 Å². The van der Waals surface area contributed by atoms with E-state index in [9.17, 15) is 9.59 Å². The smallest absolute Gasteiger partial charge is 0.237 e. The minimum Gasteiger partial charge on any atom is -0.369 e. The van der Waals surface area contributed by atoms with Gasteiger partial charge in [0.25, 0.3) is 0 Å². The van der Waals surface area contributed by atoms with Gasteiger partial charge in [-0.1, -0.05) is 13.8 Å². The van der Waals surface area contributed by atoms with Crippen LogP contribution in [0.5, 0.6) is 0 Å². The molecule has 1 aliphatic carbocycles. The fourth-order valence-corrected chi connectivity index (χ4v) is 2.45. The molecule has 1 saturated carbocycles. The first-order valence-electron chi connectivity index (χ1n) is 6.75.